The van der Waals surface area contributed by atoms with Crippen molar-refractivity contribution in [2.45, 2.75) is 6.18 Å². The van der Waals surface area contributed by atoms with Crippen molar-refractivity contribution in [3.05, 3.63) is 58.4 Å². The molecule has 0 spiro atoms. The SMILES string of the molecule is CN(CC(=O)Nc1ccc(Cl)c(C(F)(F)F)c1)C(=O)COC(=O)c1ccc(F)cc1N. The molecule has 12 heteroatoms. The van der Waals surface area contributed by atoms with Crippen LogP contribution in [0.1, 0.15) is 15.9 Å². The summed E-state index contributed by atoms with van der Waals surface area (Å²) in [6.45, 7) is -1.27. The van der Waals surface area contributed by atoms with Gasteiger partial charge in [0.2, 0.25) is 5.91 Å². The van der Waals surface area contributed by atoms with E-state index < -0.39 is 53.5 Å². The predicted molar refractivity (Wildman–Crippen MR) is 104 cm³/mol. The molecule has 0 aliphatic carbocycles. The van der Waals surface area contributed by atoms with Crippen molar-refractivity contribution in [3.8, 4) is 0 Å². The lowest BCUT2D eigenvalue weighted by Crippen LogP contribution is -2.37. The quantitative estimate of drug-likeness (QED) is 0.390. The van der Waals surface area contributed by atoms with Gasteiger partial charge >= 0.3 is 12.1 Å². The summed E-state index contributed by atoms with van der Waals surface area (Å²) in [7, 11) is 1.23. The van der Waals surface area contributed by atoms with Gasteiger partial charge in [-0.25, -0.2) is 9.18 Å². The number of carbonyl (C=O) groups is 3. The maximum Gasteiger partial charge on any atom is 0.417 e. The third-order valence-electron chi connectivity index (χ3n) is 3.92. The Morgan fingerprint density at radius 3 is 2.45 bits per heavy atom. The van der Waals surface area contributed by atoms with Gasteiger partial charge in [0.15, 0.2) is 6.61 Å². The molecular weight excluding hydrogens is 446 g/mol. The Hall–Kier alpha value is -3.34. The number of nitrogen functional groups attached to an aromatic ring is 1. The second kappa shape index (κ2) is 9.65. The van der Waals surface area contributed by atoms with E-state index in [0.717, 1.165) is 29.2 Å². The summed E-state index contributed by atoms with van der Waals surface area (Å²) < 4.78 is 56.5. The molecule has 0 heterocycles. The Morgan fingerprint density at radius 1 is 1.16 bits per heavy atom. The summed E-state index contributed by atoms with van der Waals surface area (Å²) >= 11 is 5.51. The minimum Gasteiger partial charge on any atom is -0.452 e. The topological polar surface area (TPSA) is 102 Å². The Morgan fingerprint density at radius 2 is 1.84 bits per heavy atom. The molecule has 0 unspecified atom stereocenters. The molecule has 0 aromatic heterocycles. The number of benzene rings is 2. The molecule has 2 aromatic rings. The average molecular weight is 462 g/mol. The summed E-state index contributed by atoms with van der Waals surface area (Å²) in [6, 6.07) is 5.82. The van der Waals surface area contributed by atoms with Gasteiger partial charge in [0.1, 0.15) is 5.82 Å². The van der Waals surface area contributed by atoms with Crippen molar-refractivity contribution in [2.24, 2.45) is 0 Å². The van der Waals surface area contributed by atoms with Crippen LogP contribution in [0.3, 0.4) is 0 Å². The van der Waals surface area contributed by atoms with E-state index in [-0.39, 0.29) is 16.9 Å². The van der Waals surface area contributed by atoms with Crippen LogP contribution in [0, 0.1) is 5.82 Å². The third kappa shape index (κ3) is 6.57. The maximum atomic E-state index is 13.0. The highest BCUT2D eigenvalue weighted by molar-refractivity contribution is 6.31. The van der Waals surface area contributed by atoms with Crippen LogP contribution in [0.5, 0.6) is 0 Å². The number of nitrogens with two attached hydrogens (primary N) is 1. The number of amides is 2. The summed E-state index contributed by atoms with van der Waals surface area (Å²) in [5.41, 5.74) is 3.90. The fraction of sp³-hybridized carbons (Fsp3) is 0.211. The van der Waals surface area contributed by atoms with E-state index in [1.165, 1.54) is 13.1 Å². The first-order chi connectivity index (χ1) is 14.4. The molecule has 0 saturated heterocycles. The molecule has 0 radical (unpaired) electrons. The van der Waals surface area contributed by atoms with Crippen LogP contribution in [0.2, 0.25) is 5.02 Å². The molecule has 0 fully saturated rings. The lowest BCUT2D eigenvalue weighted by Gasteiger charge is -2.17. The van der Waals surface area contributed by atoms with Gasteiger partial charge in [0.25, 0.3) is 5.91 Å². The normalized spacial score (nSPS) is 11.0. The first-order valence-electron chi connectivity index (χ1n) is 8.51. The Kier molecular flexibility index (Phi) is 7.45. The van der Waals surface area contributed by atoms with Crippen molar-refractivity contribution in [1.82, 2.24) is 4.90 Å². The van der Waals surface area contributed by atoms with Crippen molar-refractivity contribution >= 4 is 40.8 Å². The summed E-state index contributed by atoms with van der Waals surface area (Å²) in [6.07, 6.45) is -4.71. The fourth-order valence-electron chi connectivity index (χ4n) is 2.36. The molecule has 166 valence electrons. The zero-order valence-electron chi connectivity index (χ0n) is 15.9. The lowest BCUT2D eigenvalue weighted by molar-refractivity contribution is -0.137. The number of esters is 1. The molecule has 7 nitrogen and oxygen atoms in total. The number of carbonyl (C=O) groups excluding carboxylic acids is 3. The molecule has 0 bridgehead atoms. The fourth-order valence-corrected chi connectivity index (χ4v) is 2.58. The molecule has 3 N–H and O–H groups in total. The zero-order chi connectivity index (χ0) is 23.3. The van der Waals surface area contributed by atoms with Crippen LogP contribution in [-0.2, 0) is 20.5 Å². The summed E-state index contributed by atoms with van der Waals surface area (Å²) in [4.78, 5) is 36.9. The van der Waals surface area contributed by atoms with Crippen LogP contribution in [0.25, 0.3) is 0 Å². The van der Waals surface area contributed by atoms with Crippen LogP contribution in [0.4, 0.5) is 28.9 Å². The van der Waals surface area contributed by atoms with Gasteiger partial charge in [-0.05, 0) is 36.4 Å². The van der Waals surface area contributed by atoms with E-state index in [1.807, 2.05) is 0 Å². The zero-order valence-corrected chi connectivity index (χ0v) is 16.7. The van der Waals surface area contributed by atoms with Crippen molar-refractivity contribution < 1.29 is 36.7 Å². The Labute approximate surface area is 178 Å². The average Bonchev–Trinajstić information content (AvgIpc) is 2.66. The molecule has 2 amide bonds. The lowest BCUT2D eigenvalue weighted by atomic mass is 10.2. The van der Waals surface area contributed by atoms with Crippen molar-refractivity contribution in [1.29, 1.82) is 0 Å². The van der Waals surface area contributed by atoms with Gasteiger partial charge in [-0.15, -0.1) is 0 Å². The number of halogens is 5. The van der Waals surface area contributed by atoms with Gasteiger partial charge in [0, 0.05) is 18.4 Å². The molecule has 0 aliphatic rings. The molecule has 2 aromatic carbocycles. The number of rotatable bonds is 6. The largest absolute Gasteiger partial charge is 0.452 e. The van der Waals surface area contributed by atoms with Crippen LogP contribution >= 0.6 is 11.6 Å². The van der Waals surface area contributed by atoms with E-state index in [1.54, 1.807) is 0 Å². The number of anilines is 2. The first-order valence-corrected chi connectivity index (χ1v) is 8.89. The van der Waals surface area contributed by atoms with E-state index in [9.17, 15) is 31.9 Å². The van der Waals surface area contributed by atoms with Gasteiger partial charge in [-0.1, -0.05) is 11.6 Å². The molecular formula is C19H16ClF4N3O4. The van der Waals surface area contributed by atoms with Crippen LogP contribution in [-0.4, -0.2) is 42.9 Å². The van der Waals surface area contributed by atoms with E-state index in [2.05, 4.69) is 5.32 Å². The summed E-state index contributed by atoms with van der Waals surface area (Å²) in [5, 5.41) is 1.69. The second-order valence-corrected chi connectivity index (χ2v) is 6.71. The van der Waals surface area contributed by atoms with E-state index >= 15 is 0 Å². The van der Waals surface area contributed by atoms with Crippen LogP contribution in [0.15, 0.2) is 36.4 Å². The first kappa shape index (κ1) is 23.9. The monoisotopic (exact) mass is 461 g/mol. The maximum absolute atomic E-state index is 13.0. The van der Waals surface area contributed by atoms with Gasteiger partial charge in [-0.2, -0.15) is 13.2 Å². The Bertz CT molecular complexity index is 1010. The minimum absolute atomic E-state index is 0.141. The third-order valence-corrected chi connectivity index (χ3v) is 4.25. The van der Waals surface area contributed by atoms with Gasteiger partial charge in [-0.3, -0.25) is 9.59 Å². The molecule has 2 rings (SSSR count). The number of hydrogen-bond acceptors (Lipinski definition) is 5. The smallest absolute Gasteiger partial charge is 0.417 e. The number of nitrogens with zero attached hydrogens (tertiary/aromatic N) is 1. The molecule has 31 heavy (non-hydrogen) atoms. The highest BCUT2D eigenvalue weighted by Gasteiger charge is 2.33. The molecule has 0 aliphatic heterocycles. The van der Waals surface area contributed by atoms with Crippen molar-refractivity contribution in [3.63, 3.8) is 0 Å². The molecule has 0 saturated carbocycles. The van der Waals surface area contributed by atoms with Crippen molar-refractivity contribution in [2.75, 3.05) is 31.2 Å². The predicted octanol–water partition coefficient (Wildman–Crippen LogP) is 3.33. The van der Waals surface area contributed by atoms with E-state index in [0.29, 0.717) is 6.07 Å². The van der Waals surface area contributed by atoms with Gasteiger partial charge in [0.05, 0.1) is 22.7 Å². The number of nitrogens with one attached hydrogen (secondary N) is 1. The number of likely N-dealkylation sites (N-methyl/N-ethyl adjacent to an activating group) is 1. The summed E-state index contributed by atoms with van der Waals surface area (Å²) in [5.74, 6) is -3.18. The second-order valence-electron chi connectivity index (χ2n) is 6.30. The highest BCUT2D eigenvalue weighted by Crippen LogP contribution is 2.36. The number of alkyl halides is 3. The van der Waals surface area contributed by atoms with E-state index in [4.69, 9.17) is 22.1 Å². The highest BCUT2D eigenvalue weighted by atomic mass is 35.5. The number of ether oxygens (including phenoxy) is 1. The Balaban J connectivity index is 1.91. The van der Waals surface area contributed by atoms with Crippen LogP contribution < -0.4 is 11.1 Å². The van der Waals surface area contributed by atoms with Gasteiger partial charge < -0.3 is 20.7 Å². The standard InChI is InChI=1S/C19H16ClF4N3O4/c1-27(17(29)9-31-18(30)12-4-2-10(21)6-15(12)25)8-16(28)26-11-3-5-14(20)13(7-11)19(22,23)24/h2-7H,8-9,25H2,1H3,(H,26,28). The number of hydrogen-bond donors (Lipinski definition) is 2. The molecule has 0 atom stereocenters. The minimum atomic E-state index is -4.71.